The fourth-order valence-electron chi connectivity index (χ4n) is 3.53. The van der Waals surface area contributed by atoms with E-state index in [0.717, 1.165) is 5.56 Å². The second-order valence-electron chi connectivity index (χ2n) is 8.65. The molecule has 0 aliphatic heterocycles. The van der Waals surface area contributed by atoms with Crippen molar-refractivity contribution in [2.75, 3.05) is 10.8 Å². The number of nitrogens with zero attached hydrogens (tertiary/aromatic N) is 1. The third kappa shape index (κ3) is 5.85. The molecule has 0 saturated carbocycles. The number of carbonyl (C=O) groups is 1. The van der Waals surface area contributed by atoms with Gasteiger partial charge < -0.3 is 5.32 Å². The summed E-state index contributed by atoms with van der Waals surface area (Å²) in [4.78, 5) is 13.0. The molecule has 1 N–H and O–H groups in total. The first-order valence-corrected chi connectivity index (χ1v) is 11.9. The van der Waals surface area contributed by atoms with Gasteiger partial charge in [-0.3, -0.25) is 9.10 Å². The molecule has 2 rings (SSSR count). The Labute approximate surface area is 181 Å². The van der Waals surface area contributed by atoms with Crippen molar-refractivity contribution in [1.82, 2.24) is 5.32 Å². The van der Waals surface area contributed by atoms with Gasteiger partial charge in [0.1, 0.15) is 6.54 Å². The maximum Gasteiger partial charge on any atom is 0.264 e. The molecule has 0 unspecified atom stereocenters. The summed E-state index contributed by atoms with van der Waals surface area (Å²) in [7, 11) is -3.89. The number of rotatable bonds is 9. The van der Waals surface area contributed by atoms with Crippen molar-refractivity contribution in [3.05, 3.63) is 60.2 Å². The standard InChI is InChI=1S/C24H34N2O3S/c1-17(2)20-12-14-21(15-13-20)26(30(28,29)22-10-8-7-9-11-22)16-23(27)25-24(18(3)4)19(5)6/h7-15,17-19,24H,16H2,1-6H3,(H,25,27). The highest BCUT2D eigenvalue weighted by atomic mass is 32.2. The molecule has 2 aromatic carbocycles. The third-order valence-corrected chi connectivity index (χ3v) is 7.02. The van der Waals surface area contributed by atoms with E-state index in [-0.39, 0.29) is 35.2 Å². The summed E-state index contributed by atoms with van der Waals surface area (Å²) in [6.45, 7) is 12.1. The van der Waals surface area contributed by atoms with Crippen LogP contribution in [0, 0.1) is 11.8 Å². The maximum atomic E-state index is 13.4. The molecule has 2 aromatic rings. The fourth-order valence-corrected chi connectivity index (χ4v) is 4.97. The lowest BCUT2D eigenvalue weighted by Crippen LogP contribution is -2.47. The molecule has 5 nitrogen and oxygen atoms in total. The number of amides is 1. The Morgan fingerprint density at radius 3 is 1.87 bits per heavy atom. The first kappa shape index (κ1) is 23.9. The second kappa shape index (κ2) is 10.1. The van der Waals surface area contributed by atoms with E-state index < -0.39 is 10.0 Å². The van der Waals surface area contributed by atoms with E-state index in [9.17, 15) is 13.2 Å². The van der Waals surface area contributed by atoms with Crippen LogP contribution < -0.4 is 9.62 Å². The third-order valence-electron chi connectivity index (χ3n) is 5.23. The van der Waals surface area contributed by atoms with Crippen LogP contribution in [-0.4, -0.2) is 26.9 Å². The van der Waals surface area contributed by atoms with Crippen molar-refractivity contribution in [2.24, 2.45) is 11.8 Å². The highest BCUT2D eigenvalue weighted by Crippen LogP contribution is 2.26. The molecule has 0 radical (unpaired) electrons. The Hall–Kier alpha value is -2.34. The Balaban J connectivity index is 2.40. The van der Waals surface area contributed by atoms with Gasteiger partial charge in [0.2, 0.25) is 5.91 Å². The SMILES string of the molecule is CC(C)c1ccc(N(CC(=O)NC(C(C)C)C(C)C)S(=O)(=O)c2ccccc2)cc1. The normalized spacial score (nSPS) is 12.1. The zero-order valence-electron chi connectivity index (χ0n) is 18.8. The van der Waals surface area contributed by atoms with E-state index in [1.54, 1.807) is 42.5 Å². The number of anilines is 1. The van der Waals surface area contributed by atoms with Gasteiger partial charge in [0.15, 0.2) is 0 Å². The topological polar surface area (TPSA) is 66.5 Å². The monoisotopic (exact) mass is 430 g/mol. The minimum absolute atomic E-state index is 0.0258. The van der Waals surface area contributed by atoms with Gasteiger partial charge in [-0.15, -0.1) is 0 Å². The van der Waals surface area contributed by atoms with E-state index in [0.29, 0.717) is 11.6 Å². The van der Waals surface area contributed by atoms with Gasteiger partial charge in [0.25, 0.3) is 10.0 Å². The number of carbonyl (C=O) groups excluding carboxylic acids is 1. The summed E-state index contributed by atoms with van der Waals surface area (Å²) >= 11 is 0. The minimum atomic E-state index is -3.89. The van der Waals surface area contributed by atoms with Gasteiger partial charge in [0, 0.05) is 6.04 Å². The first-order valence-electron chi connectivity index (χ1n) is 10.5. The zero-order valence-corrected chi connectivity index (χ0v) is 19.6. The molecule has 0 aromatic heterocycles. The molecule has 0 heterocycles. The lowest BCUT2D eigenvalue weighted by atomic mass is 9.93. The van der Waals surface area contributed by atoms with Gasteiger partial charge in [-0.05, 0) is 47.6 Å². The van der Waals surface area contributed by atoms with Gasteiger partial charge in [0.05, 0.1) is 10.6 Å². The van der Waals surface area contributed by atoms with Crippen LogP contribution >= 0.6 is 0 Å². The summed E-state index contributed by atoms with van der Waals surface area (Å²) in [5.74, 6) is 0.520. The van der Waals surface area contributed by atoms with Crippen molar-refractivity contribution < 1.29 is 13.2 Å². The Morgan fingerprint density at radius 1 is 0.867 bits per heavy atom. The van der Waals surface area contributed by atoms with Crippen LogP contribution in [-0.2, 0) is 14.8 Å². The highest BCUT2D eigenvalue weighted by molar-refractivity contribution is 7.92. The van der Waals surface area contributed by atoms with Crippen molar-refractivity contribution in [2.45, 2.75) is 58.4 Å². The summed E-state index contributed by atoms with van der Waals surface area (Å²) in [5.41, 5.74) is 1.59. The Kier molecular flexibility index (Phi) is 8.07. The first-order chi connectivity index (χ1) is 14.0. The van der Waals surface area contributed by atoms with Crippen molar-refractivity contribution >= 4 is 21.6 Å². The predicted molar refractivity (Wildman–Crippen MR) is 123 cm³/mol. The largest absolute Gasteiger partial charge is 0.351 e. The van der Waals surface area contributed by atoms with Crippen molar-refractivity contribution in [3.63, 3.8) is 0 Å². The molecular weight excluding hydrogens is 396 g/mol. The Morgan fingerprint density at radius 2 is 1.40 bits per heavy atom. The number of nitrogens with one attached hydrogen (secondary N) is 1. The molecule has 0 aliphatic rings. The fraction of sp³-hybridized carbons (Fsp3) is 0.458. The van der Waals surface area contributed by atoms with E-state index in [4.69, 9.17) is 0 Å². The lowest BCUT2D eigenvalue weighted by Gasteiger charge is -2.29. The summed E-state index contributed by atoms with van der Waals surface area (Å²) in [6.07, 6.45) is 0. The summed E-state index contributed by atoms with van der Waals surface area (Å²) < 4.78 is 28.0. The molecule has 1 amide bonds. The highest BCUT2D eigenvalue weighted by Gasteiger charge is 2.28. The summed E-state index contributed by atoms with van der Waals surface area (Å²) in [5, 5.41) is 3.02. The predicted octanol–water partition coefficient (Wildman–Crippen LogP) is 4.80. The average molecular weight is 431 g/mol. The van der Waals surface area contributed by atoms with Crippen LogP contribution in [0.5, 0.6) is 0 Å². The number of hydrogen-bond acceptors (Lipinski definition) is 3. The average Bonchev–Trinajstić information content (AvgIpc) is 2.70. The van der Waals surface area contributed by atoms with E-state index in [1.807, 2.05) is 39.8 Å². The molecule has 0 bridgehead atoms. The zero-order chi connectivity index (χ0) is 22.5. The van der Waals surface area contributed by atoms with Crippen LogP contribution in [0.2, 0.25) is 0 Å². The van der Waals surface area contributed by atoms with Crippen molar-refractivity contribution in [1.29, 1.82) is 0 Å². The van der Waals surface area contributed by atoms with E-state index in [1.165, 1.54) is 4.31 Å². The van der Waals surface area contributed by atoms with E-state index in [2.05, 4.69) is 19.2 Å². The number of benzene rings is 2. The molecule has 164 valence electrons. The molecule has 6 heteroatoms. The minimum Gasteiger partial charge on any atom is -0.351 e. The van der Waals surface area contributed by atoms with Gasteiger partial charge in [-0.25, -0.2) is 8.42 Å². The molecule has 0 spiro atoms. The van der Waals surface area contributed by atoms with Crippen LogP contribution in [0.4, 0.5) is 5.69 Å². The van der Waals surface area contributed by atoms with Crippen LogP contribution in [0.1, 0.15) is 53.0 Å². The van der Waals surface area contributed by atoms with Crippen LogP contribution in [0.25, 0.3) is 0 Å². The molecule has 0 aliphatic carbocycles. The smallest absolute Gasteiger partial charge is 0.264 e. The van der Waals surface area contributed by atoms with Gasteiger partial charge >= 0.3 is 0 Å². The number of sulfonamides is 1. The van der Waals surface area contributed by atoms with Crippen molar-refractivity contribution in [3.8, 4) is 0 Å². The lowest BCUT2D eigenvalue weighted by molar-refractivity contribution is -0.121. The molecular formula is C24H34N2O3S. The Bertz CT molecular complexity index is 913. The van der Waals surface area contributed by atoms with Gasteiger partial charge in [-0.1, -0.05) is 71.9 Å². The molecule has 0 fully saturated rings. The molecule has 30 heavy (non-hydrogen) atoms. The summed E-state index contributed by atoms with van der Waals surface area (Å²) in [6, 6.07) is 15.6. The van der Waals surface area contributed by atoms with Crippen LogP contribution in [0.3, 0.4) is 0 Å². The maximum absolute atomic E-state index is 13.4. The quantitative estimate of drug-likeness (QED) is 0.621. The van der Waals surface area contributed by atoms with Crippen LogP contribution in [0.15, 0.2) is 59.5 Å². The molecule has 0 saturated heterocycles. The van der Waals surface area contributed by atoms with Gasteiger partial charge in [-0.2, -0.15) is 0 Å². The second-order valence-corrected chi connectivity index (χ2v) is 10.5. The molecule has 0 atom stereocenters. The number of hydrogen-bond donors (Lipinski definition) is 1. The van der Waals surface area contributed by atoms with E-state index >= 15 is 0 Å².